The summed E-state index contributed by atoms with van der Waals surface area (Å²) in [7, 11) is 0. The van der Waals surface area contributed by atoms with Crippen molar-refractivity contribution in [3.63, 3.8) is 0 Å². The van der Waals surface area contributed by atoms with Crippen molar-refractivity contribution in [3.05, 3.63) is 34.6 Å². The number of aliphatic carboxylic acids is 1. The smallest absolute Gasteiger partial charge is 0.306 e. The van der Waals surface area contributed by atoms with E-state index in [4.69, 9.17) is 16.7 Å². The highest BCUT2D eigenvalue weighted by Gasteiger charge is 2.32. The highest BCUT2D eigenvalue weighted by Crippen LogP contribution is 2.31. The molecule has 1 aromatic rings. The minimum atomic E-state index is -0.720. The summed E-state index contributed by atoms with van der Waals surface area (Å²) in [6.07, 6.45) is 2.63. The van der Waals surface area contributed by atoms with Crippen molar-refractivity contribution in [2.75, 3.05) is 6.54 Å². The van der Waals surface area contributed by atoms with Crippen LogP contribution < -0.4 is 5.32 Å². The van der Waals surface area contributed by atoms with Crippen LogP contribution in [-0.4, -0.2) is 17.6 Å². The predicted octanol–water partition coefficient (Wildman–Crippen LogP) is 3.07. The molecule has 0 aliphatic heterocycles. The molecule has 0 aromatic heterocycles. The Morgan fingerprint density at radius 1 is 1.47 bits per heavy atom. The Kier molecular flexibility index (Phi) is 4.77. The maximum absolute atomic E-state index is 13.5. The summed E-state index contributed by atoms with van der Waals surface area (Å²) in [6.45, 7) is 1.00. The average molecular weight is 286 g/mol. The third-order valence-electron chi connectivity index (χ3n) is 3.71. The summed E-state index contributed by atoms with van der Waals surface area (Å²) >= 11 is 5.68. The summed E-state index contributed by atoms with van der Waals surface area (Å²) in [5, 5.41) is 12.6. The first-order valence-corrected chi connectivity index (χ1v) is 6.83. The van der Waals surface area contributed by atoms with Crippen molar-refractivity contribution in [1.29, 1.82) is 0 Å². The normalized spacial score (nSPS) is 22.6. The number of rotatable bonds is 5. The molecule has 1 saturated carbocycles. The van der Waals surface area contributed by atoms with Gasteiger partial charge in [0, 0.05) is 17.1 Å². The fraction of sp³-hybridized carbons (Fsp3) is 0.500. The van der Waals surface area contributed by atoms with Crippen LogP contribution in [0.15, 0.2) is 18.2 Å². The minimum Gasteiger partial charge on any atom is -0.481 e. The number of benzene rings is 1. The van der Waals surface area contributed by atoms with E-state index in [9.17, 15) is 9.18 Å². The van der Waals surface area contributed by atoms with E-state index in [0.29, 0.717) is 23.7 Å². The molecule has 0 heterocycles. The van der Waals surface area contributed by atoms with Crippen LogP contribution in [0, 0.1) is 17.7 Å². The van der Waals surface area contributed by atoms with E-state index in [2.05, 4.69) is 5.32 Å². The van der Waals surface area contributed by atoms with Crippen LogP contribution >= 0.6 is 11.6 Å². The Morgan fingerprint density at radius 3 is 2.95 bits per heavy atom. The van der Waals surface area contributed by atoms with Gasteiger partial charge in [-0.15, -0.1) is 0 Å². The Bertz CT molecular complexity index is 467. The Balaban J connectivity index is 1.84. The van der Waals surface area contributed by atoms with Gasteiger partial charge < -0.3 is 10.4 Å². The molecule has 1 fully saturated rings. The first-order valence-electron chi connectivity index (χ1n) is 6.45. The fourth-order valence-corrected chi connectivity index (χ4v) is 2.82. The zero-order chi connectivity index (χ0) is 13.8. The molecule has 0 amide bonds. The van der Waals surface area contributed by atoms with E-state index in [-0.39, 0.29) is 17.7 Å². The SMILES string of the molecule is O=C(O)C1CCCC1CNCc1ccc(Cl)cc1F. The molecule has 0 saturated heterocycles. The highest BCUT2D eigenvalue weighted by atomic mass is 35.5. The number of nitrogens with one attached hydrogen (secondary N) is 1. The first-order chi connectivity index (χ1) is 9.08. The second-order valence-electron chi connectivity index (χ2n) is 5.00. The summed E-state index contributed by atoms with van der Waals surface area (Å²) in [4.78, 5) is 11.0. The zero-order valence-corrected chi connectivity index (χ0v) is 11.3. The molecule has 19 heavy (non-hydrogen) atoms. The quantitative estimate of drug-likeness (QED) is 0.874. The second kappa shape index (κ2) is 6.35. The van der Waals surface area contributed by atoms with Gasteiger partial charge in [0.05, 0.1) is 5.92 Å². The Labute approximate surface area is 116 Å². The molecular weight excluding hydrogens is 269 g/mol. The van der Waals surface area contributed by atoms with Gasteiger partial charge in [-0.3, -0.25) is 4.79 Å². The fourth-order valence-electron chi connectivity index (χ4n) is 2.66. The largest absolute Gasteiger partial charge is 0.481 e. The van der Waals surface area contributed by atoms with Crippen molar-refractivity contribution in [2.45, 2.75) is 25.8 Å². The number of carboxylic acid groups (broad SMARTS) is 1. The lowest BCUT2D eigenvalue weighted by molar-refractivity contribution is -0.142. The van der Waals surface area contributed by atoms with Gasteiger partial charge in [-0.1, -0.05) is 24.1 Å². The van der Waals surface area contributed by atoms with Crippen molar-refractivity contribution in [3.8, 4) is 0 Å². The molecule has 0 radical (unpaired) electrons. The number of carboxylic acids is 1. The van der Waals surface area contributed by atoms with Gasteiger partial charge in [-0.05, 0) is 37.4 Å². The van der Waals surface area contributed by atoms with Gasteiger partial charge in [0.2, 0.25) is 0 Å². The molecule has 2 N–H and O–H groups in total. The van der Waals surface area contributed by atoms with Gasteiger partial charge in [0.15, 0.2) is 0 Å². The third-order valence-corrected chi connectivity index (χ3v) is 3.95. The average Bonchev–Trinajstić information content (AvgIpc) is 2.80. The van der Waals surface area contributed by atoms with E-state index in [1.807, 2.05) is 0 Å². The monoisotopic (exact) mass is 285 g/mol. The first kappa shape index (κ1) is 14.3. The van der Waals surface area contributed by atoms with Crippen LogP contribution in [0.5, 0.6) is 0 Å². The highest BCUT2D eigenvalue weighted by molar-refractivity contribution is 6.30. The lowest BCUT2D eigenvalue weighted by atomic mass is 9.96. The number of hydrogen-bond donors (Lipinski definition) is 2. The summed E-state index contributed by atoms with van der Waals surface area (Å²) in [6, 6.07) is 4.58. The maximum Gasteiger partial charge on any atom is 0.306 e. The molecule has 1 aliphatic rings. The molecular formula is C14H17ClFNO2. The van der Waals surface area contributed by atoms with Crippen LogP contribution in [-0.2, 0) is 11.3 Å². The summed E-state index contributed by atoms with van der Waals surface area (Å²) < 4.78 is 13.5. The van der Waals surface area contributed by atoms with Crippen molar-refractivity contribution < 1.29 is 14.3 Å². The molecule has 104 valence electrons. The number of hydrogen-bond acceptors (Lipinski definition) is 2. The van der Waals surface area contributed by atoms with Gasteiger partial charge in [0.25, 0.3) is 0 Å². The van der Waals surface area contributed by atoms with E-state index in [1.165, 1.54) is 6.07 Å². The molecule has 3 nitrogen and oxygen atoms in total. The van der Waals surface area contributed by atoms with Crippen molar-refractivity contribution in [2.24, 2.45) is 11.8 Å². The third kappa shape index (κ3) is 3.67. The molecule has 0 spiro atoms. The molecule has 1 aliphatic carbocycles. The van der Waals surface area contributed by atoms with E-state index < -0.39 is 5.97 Å². The molecule has 0 bridgehead atoms. The van der Waals surface area contributed by atoms with Gasteiger partial charge in [0.1, 0.15) is 5.82 Å². The molecule has 2 atom stereocenters. The van der Waals surface area contributed by atoms with E-state index in [0.717, 1.165) is 19.3 Å². The minimum absolute atomic E-state index is 0.146. The number of carbonyl (C=O) groups is 1. The van der Waals surface area contributed by atoms with Crippen LogP contribution in [0.1, 0.15) is 24.8 Å². The van der Waals surface area contributed by atoms with Crippen LogP contribution in [0.4, 0.5) is 4.39 Å². The summed E-state index contributed by atoms with van der Waals surface area (Å²) in [5.41, 5.74) is 0.550. The maximum atomic E-state index is 13.5. The molecule has 2 rings (SSSR count). The Morgan fingerprint density at radius 2 is 2.26 bits per heavy atom. The zero-order valence-electron chi connectivity index (χ0n) is 10.5. The summed E-state index contributed by atoms with van der Waals surface area (Å²) in [5.74, 6) is -1.17. The van der Waals surface area contributed by atoms with E-state index >= 15 is 0 Å². The van der Waals surface area contributed by atoms with Crippen LogP contribution in [0.2, 0.25) is 5.02 Å². The van der Waals surface area contributed by atoms with Crippen LogP contribution in [0.25, 0.3) is 0 Å². The Hall–Kier alpha value is -1.13. The molecule has 2 unspecified atom stereocenters. The second-order valence-corrected chi connectivity index (χ2v) is 5.44. The lowest BCUT2D eigenvalue weighted by Gasteiger charge is -2.16. The number of halogens is 2. The van der Waals surface area contributed by atoms with Crippen molar-refractivity contribution in [1.82, 2.24) is 5.32 Å². The molecule has 5 heteroatoms. The molecule has 1 aromatic carbocycles. The van der Waals surface area contributed by atoms with Crippen LogP contribution in [0.3, 0.4) is 0 Å². The standard InChI is InChI=1S/C14H17ClFNO2/c15-11-5-4-10(13(16)6-11)8-17-7-9-2-1-3-12(9)14(18)19/h4-6,9,12,17H,1-3,7-8H2,(H,18,19). The van der Waals surface area contributed by atoms with Gasteiger partial charge in [-0.2, -0.15) is 0 Å². The van der Waals surface area contributed by atoms with Gasteiger partial charge >= 0.3 is 5.97 Å². The lowest BCUT2D eigenvalue weighted by Crippen LogP contribution is -2.28. The van der Waals surface area contributed by atoms with E-state index in [1.54, 1.807) is 12.1 Å². The predicted molar refractivity (Wildman–Crippen MR) is 71.6 cm³/mol. The van der Waals surface area contributed by atoms with Crippen molar-refractivity contribution >= 4 is 17.6 Å². The van der Waals surface area contributed by atoms with Gasteiger partial charge in [-0.25, -0.2) is 4.39 Å². The topological polar surface area (TPSA) is 49.3 Å².